The number of rotatable bonds is 1. The Bertz CT molecular complexity index is 264. The predicted molar refractivity (Wildman–Crippen MR) is 47.4 cm³/mol. The molecule has 7 heteroatoms. The van der Waals surface area contributed by atoms with Crippen molar-refractivity contribution >= 4 is 34.8 Å². The minimum absolute atomic E-state index is 0.0983. The Morgan fingerprint density at radius 3 is 2.17 bits per heavy atom. The highest BCUT2D eigenvalue weighted by Gasteiger charge is 2.29. The van der Waals surface area contributed by atoms with Crippen LogP contribution in [0, 0.1) is 0 Å². The lowest BCUT2D eigenvalue weighted by Crippen LogP contribution is -2.07. The lowest BCUT2D eigenvalue weighted by Gasteiger charge is -2.03. The first-order chi connectivity index (χ1) is 5.41. The van der Waals surface area contributed by atoms with Crippen LogP contribution in [0.5, 0.6) is 0 Å². The molecule has 0 aromatic carbocycles. The molecule has 0 fully saturated rings. The highest BCUT2D eigenvalue weighted by atomic mass is 35.6. The second kappa shape index (κ2) is 3.36. The Kier molecular flexibility index (Phi) is 2.81. The van der Waals surface area contributed by atoms with E-state index in [1.54, 1.807) is 0 Å². The van der Waals surface area contributed by atoms with E-state index in [1.165, 1.54) is 4.80 Å². The van der Waals surface area contributed by atoms with Crippen LogP contribution in [-0.4, -0.2) is 20.2 Å². The van der Waals surface area contributed by atoms with E-state index in [4.69, 9.17) is 34.8 Å². The zero-order valence-electron chi connectivity index (χ0n) is 6.50. The largest absolute Gasteiger partial charge is 0.253 e. The Balaban J connectivity index is 2.92. The lowest BCUT2D eigenvalue weighted by molar-refractivity contribution is 0.453. The highest BCUT2D eigenvalue weighted by Crippen LogP contribution is 2.35. The van der Waals surface area contributed by atoms with E-state index in [-0.39, 0.29) is 11.9 Å². The Morgan fingerprint density at radius 1 is 1.33 bits per heavy atom. The zero-order valence-corrected chi connectivity index (χ0v) is 8.77. The summed E-state index contributed by atoms with van der Waals surface area (Å²) >= 11 is 16.6. The maximum atomic E-state index is 5.53. The van der Waals surface area contributed by atoms with E-state index < -0.39 is 3.79 Å². The van der Waals surface area contributed by atoms with Gasteiger partial charge in [-0.3, -0.25) is 0 Å². The van der Waals surface area contributed by atoms with Crippen molar-refractivity contribution in [2.24, 2.45) is 0 Å². The van der Waals surface area contributed by atoms with Gasteiger partial charge in [-0.2, -0.15) is 4.80 Å². The van der Waals surface area contributed by atoms with Gasteiger partial charge in [0, 0.05) is 0 Å². The fourth-order valence-corrected chi connectivity index (χ4v) is 0.784. The molecule has 0 saturated carbocycles. The van der Waals surface area contributed by atoms with Crippen molar-refractivity contribution in [1.29, 1.82) is 0 Å². The van der Waals surface area contributed by atoms with Gasteiger partial charge in [0.1, 0.15) is 0 Å². The van der Waals surface area contributed by atoms with Crippen LogP contribution in [0.3, 0.4) is 0 Å². The number of nitrogens with zero attached hydrogens (tertiary/aromatic N) is 4. The first-order valence-corrected chi connectivity index (χ1v) is 4.41. The number of halogens is 3. The molecule has 0 radical (unpaired) electrons. The number of aromatic nitrogens is 4. The molecule has 1 rings (SSSR count). The van der Waals surface area contributed by atoms with Gasteiger partial charge in [-0.15, -0.1) is 10.2 Å². The molecular weight excluding hydrogens is 222 g/mol. The first-order valence-electron chi connectivity index (χ1n) is 3.28. The van der Waals surface area contributed by atoms with Gasteiger partial charge in [0.2, 0.25) is 5.82 Å². The van der Waals surface area contributed by atoms with Crippen LogP contribution in [0.4, 0.5) is 0 Å². The summed E-state index contributed by atoms with van der Waals surface area (Å²) in [5.41, 5.74) is 0. The molecule has 0 spiro atoms. The number of hydrogen-bond acceptors (Lipinski definition) is 3. The van der Waals surface area contributed by atoms with Crippen molar-refractivity contribution in [3.63, 3.8) is 0 Å². The molecule has 0 saturated heterocycles. The summed E-state index contributed by atoms with van der Waals surface area (Å²) in [6, 6.07) is 0.110. The van der Waals surface area contributed by atoms with Gasteiger partial charge in [0.05, 0.1) is 6.04 Å². The van der Waals surface area contributed by atoms with Crippen LogP contribution < -0.4 is 0 Å². The lowest BCUT2D eigenvalue weighted by atomic mass is 10.4. The quantitative estimate of drug-likeness (QED) is 0.693. The second-order valence-electron chi connectivity index (χ2n) is 2.52. The Hall–Kier alpha value is -0.0600. The molecule has 0 N–H and O–H groups in total. The summed E-state index contributed by atoms with van der Waals surface area (Å²) < 4.78 is -1.59. The van der Waals surface area contributed by atoms with E-state index in [0.29, 0.717) is 0 Å². The van der Waals surface area contributed by atoms with E-state index >= 15 is 0 Å². The zero-order chi connectivity index (χ0) is 9.35. The van der Waals surface area contributed by atoms with Gasteiger partial charge in [0.25, 0.3) is 3.79 Å². The minimum Gasteiger partial charge on any atom is -0.162 e. The minimum atomic E-state index is -1.59. The Morgan fingerprint density at radius 2 is 1.92 bits per heavy atom. The molecule has 0 aliphatic carbocycles. The van der Waals surface area contributed by atoms with Crippen molar-refractivity contribution in [3.05, 3.63) is 5.82 Å². The summed E-state index contributed by atoms with van der Waals surface area (Å²) in [6.07, 6.45) is 0. The van der Waals surface area contributed by atoms with Gasteiger partial charge < -0.3 is 0 Å². The monoisotopic (exact) mass is 228 g/mol. The summed E-state index contributed by atoms with van der Waals surface area (Å²) in [5, 5.41) is 11.2. The standard InChI is InChI=1S/C5H7Cl3N4/c1-3(2)12-10-4(9-11-12)5(6,7)8/h3H,1-2H3. The maximum Gasteiger partial charge on any atom is 0.253 e. The van der Waals surface area contributed by atoms with Gasteiger partial charge in [0.15, 0.2) is 0 Å². The molecule has 1 aromatic rings. The maximum absolute atomic E-state index is 5.53. The van der Waals surface area contributed by atoms with Gasteiger partial charge in [-0.05, 0) is 19.1 Å². The van der Waals surface area contributed by atoms with Crippen molar-refractivity contribution in [1.82, 2.24) is 20.2 Å². The molecule has 1 aromatic heterocycles. The van der Waals surface area contributed by atoms with E-state index in [1.807, 2.05) is 13.8 Å². The van der Waals surface area contributed by atoms with E-state index in [0.717, 1.165) is 0 Å². The normalized spacial score (nSPS) is 12.5. The van der Waals surface area contributed by atoms with E-state index in [9.17, 15) is 0 Å². The van der Waals surface area contributed by atoms with Crippen molar-refractivity contribution in [2.45, 2.75) is 23.7 Å². The molecule has 0 aliphatic rings. The average molecular weight is 229 g/mol. The predicted octanol–water partition coefficient (Wildman–Crippen LogP) is 2.08. The molecule has 68 valence electrons. The number of hydrogen-bond donors (Lipinski definition) is 0. The summed E-state index contributed by atoms with van der Waals surface area (Å²) in [4.78, 5) is 1.39. The highest BCUT2D eigenvalue weighted by molar-refractivity contribution is 6.66. The third-order valence-corrected chi connectivity index (χ3v) is 1.65. The molecule has 0 aliphatic heterocycles. The molecular formula is C5H7Cl3N4. The van der Waals surface area contributed by atoms with Crippen LogP contribution in [0.1, 0.15) is 25.7 Å². The first kappa shape index (κ1) is 10.0. The van der Waals surface area contributed by atoms with Crippen LogP contribution in [0.2, 0.25) is 0 Å². The summed E-state index contributed by atoms with van der Waals surface area (Å²) in [6.45, 7) is 3.81. The molecule has 0 bridgehead atoms. The third kappa shape index (κ3) is 2.21. The molecule has 12 heavy (non-hydrogen) atoms. The molecule has 0 unspecified atom stereocenters. The topological polar surface area (TPSA) is 43.6 Å². The van der Waals surface area contributed by atoms with Crippen LogP contribution in [0.25, 0.3) is 0 Å². The molecule has 0 atom stereocenters. The second-order valence-corrected chi connectivity index (χ2v) is 4.81. The third-order valence-electron chi connectivity index (χ3n) is 1.14. The summed E-state index contributed by atoms with van der Waals surface area (Å²) in [5.74, 6) is 0.0983. The number of alkyl halides is 3. The fourth-order valence-electron chi connectivity index (χ4n) is 0.557. The van der Waals surface area contributed by atoms with Gasteiger partial charge >= 0.3 is 0 Å². The van der Waals surface area contributed by atoms with Crippen molar-refractivity contribution in [3.8, 4) is 0 Å². The smallest absolute Gasteiger partial charge is 0.162 e. The van der Waals surface area contributed by atoms with Crippen LogP contribution in [0.15, 0.2) is 0 Å². The fraction of sp³-hybridized carbons (Fsp3) is 0.800. The number of tetrazole rings is 1. The average Bonchev–Trinajstić information content (AvgIpc) is 2.30. The van der Waals surface area contributed by atoms with Crippen LogP contribution >= 0.6 is 34.8 Å². The van der Waals surface area contributed by atoms with Crippen molar-refractivity contribution in [2.75, 3.05) is 0 Å². The molecule has 1 heterocycles. The molecule has 4 nitrogen and oxygen atoms in total. The van der Waals surface area contributed by atoms with Gasteiger partial charge in [-0.25, -0.2) is 0 Å². The summed E-state index contributed by atoms with van der Waals surface area (Å²) in [7, 11) is 0. The van der Waals surface area contributed by atoms with Crippen LogP contribution in [-0.2, 0) is 3.79 Å². The SMILES string of the molecule is CC(C)n1nnc(C(Cl)(Cl)Cl)n1. The van der Waals surface area contributed by atoms with Crippen molar-refractivity contribution < 1.29 is 0 Å². The molecule has 0 amide bonds. The van der Waals surface area contributed by atoms with Gasteiger partial charge in [-0.1, -0.05) is 34.8 Å². The van der Waals surface area contributed by atoms with E-state index in [2.05, 4.69) is 15.4 Å². The Labute approximate surface area is 84.8 Å².